The molecule has 0 saturated heterocycles. The molecular weight excluding hydrogens is 216 g/mol. The Morgan fingerprint density at radius 2 is 2.07 bits per heavy atom. The lowest BCUT2D eigenvalue weighted by molar-refractivity contribution is -0.137. The van der Waals surface area contributed by atoms with Crippen molar-refractivity contribution in [1.29, 1.82) is 0 Å². The maximum atomic E-state index is 11.2. The maximum Gasteiger partial charge on any atom is 0.334 e. The van der Waals surface area contributed by atoms with Gasteiger partial charge >= 0.3 is 5.97 Å². The first-order valence-electron chi connectivity index (χ1n) is 4.31. The van der Waals surface area contributed by atoms with Gasteiger partial charge in [-0.3, -0.25) is 4.79 Å². The fourth-order valence-corrected chi connectivity index (χ4v) is 0.754. The zero-order valence-corrected chi connectivity index (χ0v) is 9.34. The molecule has 0 fully saturated rings. The highest BCUT2D eigenvalue weighted by molar-refractivity contribution is 6.67. The zero-order chi connectivity index (χ0) is 11.8. The minimum atomic E-state index is -0.540. The summed E-state index contributed by atoms with van der Waals surface area (Å²) < 4.78 is 4.74. The molecule has 3 nitrogen and oxygen atoms in total. The lowest BCUT2D eigenvalue weighted by Crippen LogP contribution is -2.06. The van der Waals surface area contributed by atoms with E-state index in [4.69, 9.17) is 16.3 Å². The molecule has 0 aliphatic heterocycles. The molecule has 0 N–H and O–H groups in total. The molecule has 0 spiro atoms. The van der Waals surface area contributed by atoms with Crippen LogP contribution in [0.1, 0.15) is 13.3 Å². The maximum absolute atomic E-state index is 11.2. The molecule has 0 saturated carbocycles. The van der Waals surface area contributed by atoms with E-state index in [1.54, 1.807) is 6.92 Å². The lowest BCUT2D eigenvalue weighted by atomic mass is 10.1. The van der Waals surface area contributed by atoms with Crippen LogP contribution in [0.15, 0.2) is 36.5 Å². The first-order chi connectivity index (χ1) is 6.99. The van der Waals surface area contributed by atoms with Crippen LogP contribution in [0, 0.1) is 0 Å². The molecule has 82 valence electrons. The number of hydrogen-bond acceptors (Lipinski definition) is 3. The summed E-state index contributed by atoms with van der Waals surface area (Å²) in [6.45, 7) is 8.65. The minimum Gasteiger partial charge on any atom is -0.458 e. The Hall–Kier alpha value is -1.35. The smallest absolute Gasteiger partial charge is 0.334 e. The van der Waals surface area contributed by atoms with E-state index in [9.17, 15) is 9.59 Å². The summed E-state index contributed by atoms with van der Waals surface area (Å²) in [5.41, 5.74) is 0.656. The Bertz CT molecular complexity index is 316. The van der Waals surface area contributed by atoms with Crippen molar-refractivity contribution in [1.82, 2.24) is 0 Å². The molecule has 0 aromatic heterocycles. The lowest BCUT2D eigenvalue weighted by Gasteiger charge is -2.02. The van der Waals surface area contributed by atoms with Crippen LogP contribution in [0.2, 0.25) is 0 Å². The van der Waals surface area contributed by atoms with E-state index in [2.05, 4.69) is 13.2 Å². The summed E-state index contributed by atoms with van der Waals surface area (Å²) in [6, 6.07) is 0. The van der Waals surface area contributed by atoms with Crippen LogP contribution in [0.5, 0.6) is 0 Å². The highest BCUT2D eigenvalue weighted by Crippen LogP contribution is 2.07. The van der Waals surface area contributed by atoms with Crippen molar-refractivity contribution in [2.45, 2.75) is 13.3 Å². The molecule has 0 aromatic carbocycles. The average Bonchev–Trinajstić information content (AvgIpc) is 2.21. The Morgan fingerprint density at radius 3 is 2.53 bits per heavy atom. The third-order valence-corrected chi connectivity index (χ3v) is 1.88. The van der Waals surface area contributed by atoms with Crippen LogP contribution < -0.4 is 0 Å². The Labute approximate surface area is 94.1 Å². The third kappa shape index (κ3) is 5.86. The van der Waals surface area contributed by atoms with E-state index >= 15 is 0 Å². The van der Waals surface area contributed by atoms with E-state index in [0.29, 0.717) is 5.57 Å². The predicted octanol–water partition coefficient (Wildman–Crippen LogP) is 2.37. The third-order valence-electron chi connectivity index (χ3n) is 1.59. The molecular formula is C11H13ClO3. The molecule has 0 radical (unpaired) electrons. The van der Waals surface area contributed by atoms with Gasteiger partial charge in [0.1, 0.15) is 6.61 Å². The van der Waals surface area contributed by atoms with Crippen LogP contribution in [0.25, 0.3) is 0 Å². The van der Waals surface area contributed by atoms with Gasteiger partial charge in [-0.2, -0.15) is 0 Å². The van der Waals surface area contributed by atoms with Crippen LogP contribution in [-0.4, -0.2) is 17.8 Å². The molecule has 0 bridgehead atoms. The fourth-order valence-electron chi connectivity index (χ4n) is 0.677. The Morgan fingerprint density at radius 1 is 1.47 bits per heavy atom. The summed E-state index contributed by atoms with van der Waals surface area (Å²) >= 11 is 5.21. The van der Waals surface area contributed by atoms with Gasteiger partial charge < -0.3 is 4.74 Å². The molecule has 0 aliphatic rings. The van der Waals surface area contributed by atoms with Crippen molar-refractivity contribution >= 4 is 22.8 Å². The van der Waals surface area contributed by atoms with E-state index in [-0.39, 0.29) is 18.6 Å². The Balaban J connectivity index is 4.14. The summed E-state index contributed by atoms with van der Waals surface area (Å²) in [7, 11) is 0. The largest absolute Gasteiger partial charge is 0.458 e. The summed E-state index contributed by atoms with van der Waals surface area (Å²) in [5.74, 6) is -0.499. The minimum absolute atomic E-state index is 0.148. The second-order valence-corrected chi connectivity index (χ2v) is 3.20. The number of halogens is 1. The van der Waals surface area contributed by atoms with Crippen LogP contribution in [0.4, 0.5) is 0 Å². The standard InChI is InChI=1S/C11H13ClO3/c1-4-7-15-11(14)9(3)6-5-8(2)10(12)13/h4-5H,1,3,6-7H2,2H3. The zero-order valence-electron chi connectivity index (χ0n) is 8.59. The van der Waals surface area contributed by atoms with Crippen molar-refractivity contribution in [3.05, 3.63) is 36.5 Å². The van der Waals surface area contributed by atoms with Gasteiger partial charge in [0.15, 0.2) is 0 Å². The predicted molar refractivity (Wildman–Crippen MR) is 59.5 cm³/mol. The SMILES string of the molecule is C=CCOC(=O)C(=C)CC=C(C)C(=O)Cl. The van der Waals surface area contributed by atoms with Gasteiger partial charge in [-0.25, -0.2) is 4.79 Å². The van der Waals surface area contributed by atoms with Crippen molar-refractivity contribution in [3.63, 3.8) is 0 Å². The monoisotopic (exact) mass is 228 g/mol. The number of carbonyl (C=O) groups excluding carboxylic acids is 2. The number of ether oxygens (including phenoxy) is 1. The van der Waals surface area contributed by atoms with Crippen LogP contribution >= 0.6 is 11.6 Å². The molecule has 0 atom stereocenters. The normalized spacial score (nSPS) is 10.7. The number of allylic oxidation sites excluding steroid dienone is 2. The van der Waals surface area contributed by atoms with Gasteiger partial charge in [0.2, 0.25) is 5.24 Å². The van der Waals surface area contributed by atoms with Gasteiger partial charge in [-0.15, -0.1) is 0 Å². The Kier molecular flexibility index (Phi) is 6.38. The summed E-state index contributed by atoms with van der Waals surface area (Å²) in [4.78, 5) is 21.8. The quantitative estimate of drug-likeness (QED) is 0.303. The summed E-state index contributed by atoms with van der Waals surface area (Å²) in [5, 5.41) is -0.540. The topological polar surface area (TPSA) is 43.4 Å². The van der Waals surface area contributed by atoms with E-state index in [0.717, 1.165) is 0 Å². The van der Waals surface area contributed by atoms with Gasteiger partial charge in [-0.05, 0) is 24.9 Å². The molecule has 0 heterocycles. The molecule has 0 amide bonds. The fraction of sp³-hybridized carbons (Fsp3) is 0.273. The van der Waals surface area contributed by atoms with Gasteiger partial charge in [0.05, 0.1) is 0 Å². The molecule has 4 heteroatoms. The van der Waals surface area contributed by atoms with Crippen LogP contribution in [-0.2, 0) is 14.3 Å². The average molecular weight is 229 g/mol. The number of esters is 1. The second-order valence-electron chi connectivity index (χ2n) is 2.86. The highest BCUT2D eigenvalue weighted by atomic mass is 35.5. The van der Waals surface area contributed by atoms with Gasteiger partial charge in [0.25, 0.3) is 0 Å². The van der Waals surface area contributed by atoms with E-state index in [1.165, 1.54) is 12.2 Å². The highest BCUT2D eigenvalue weighted by Gasteiger charge is 2.07. The second kappa shape index (κ2) is 7.01. The number of rotatable bonds is 6. The summed E-state index contributed by atoms with van der Waals surface area (Å²) in [6.07, 6.45) is 3.25. The van der Waals surface area contributed by atoms with Crippen molar-refractivity contribution in [3.8, 4) is 0 Å². The van der Waals surface area contributed by atoms with E-state index < -0.39 is 11.2 Å². The number of hydrogen-bond donors (Lipinski definition) is 0. The van der Waals surface area contributed by atoms with Crippen molar-refractivity contribution in [2.24, 2.45) is 0 Å². The number of carbonyl (C=O) groups is 2. The first kappa shape index (κ1) is 13.7. The van der Waals surface area contributed by atoms with Crippen LogP contribution in [0.3, 0.4) is 0 Å². The van der Waals surface area contributed by atoms with E-state index in [1.807, 2.05) is 0 Å². The molecule has 0 unspecified atom stereocenters. The van der Waals surface area contributed by atoms with Crippen molar-refractivity contribution < 1.29 is 14.3 Å². The molecule has 15 heavy (non-hydrogen) atoms. The molecule has 0 aromatic rings. The van der Waals surface area contributed by atoms with Gasteiger partial charge in [0, 0.05) is 11.1 Å². The van der Waals surface area contributed by atoms with Crippen molar-refractivity contribution in [2.75, 3.05) is 6.61 Å². The van der Waals surface area contributed by atoms with Gasteiger partial charge in [-0.1, -0.05) is 25.3 Å². The molecule has 0 rings (SSSR count). The first-order valence-corrected chi connectivity index (χ1v) is 4.69. The molecule has 0 aliphatic carbocycles.